The van der Waals surface area contributed by atoms with E-state index >= 15 is 0 Å². The van der Waals surface area contributed by atoms with Crippen LogP contribution in [-0.4, -0.2) is 64.9 Å². The number of hydrogen-bond donors (Lipinski definition) is 0. The van der Waals surface area contributed by atoms with E-state index in [-0.39, 0.29) is 89.7 Å². The van der Waals surface area contributed by atoms with Crippen LogP contribution in [0.5, 0.6) is 0 Å². The average molecular weight is 564 g/mol. The van der Waals surface area contributed by atoms with Crippen LogP contribution < -0.4 is 24.8 Å². The monoisotopic (exact) mass is 566 g/mol. The molecule has 110 valence electrons. The molecular weight excluding hydrogens is 531 g/mol. The summed E-state index contributed by atoms with van der Waals surface area (Å²) in [7, 11) is 0. The molecule has 0 spiro atoms. The molecule has 0 saturated heterocycles. The maximum Gasteiger partial charge on any atom is 0 e. The minimum atomic E-state index is 0. The van der Waals surface area contributed by atoms with Gasteiger partial charge in [-0.2, -0.15) is 0 Å². The summed E-state index contributed by atoms with van der Waals surface area (Å²) in [6.45, 7) is 17.0. The Kier molecular flexibility index (Phi) is 462. The van der Waals surface area contributed by atoms with Crippen molar-refractivity contribution in [1.29, 1.82) is 0 Å². The van der Waals surface area contributed by atoms with E-state index in [2.05, 4.69) is 55.4 Å². The zero-order chi connectivity index (χ0) is 10.8. The van der Waals surface area contributed by atoms with E-state index in [9.17, 15) is 0 Å². The molecule has 5 heteroatoms. The Morgan fingerprint density at radius 1 is 0.412 bits per heavy atom. The molecule has 0 aromatic heterocycles. The summed E-state index contributed by atoms with van der Waals surface area (Å²) in [4.78, 5) is 0. The Morgan fingerprint density at radius 2 is 0.412 bits per heavy atom. The zero-order valence-corrected chi connectivity index (χ0v) is 21.9. The van der Waals surface area contributed by atoms with Crippen LogP contribution in [0.15, 0.2) is 0 Å². The molecule has 10 radical (unpaired) electrons. The minimum Gasteiger partial charge on any atom is -1.00 e. The largest absolute Gasteiger partial charge is 1.00 e. The van der Waals surface area contributed by atoms with Gasteiger partial charge in [-0.15, -0.1) is 0 Å². The van der Waals surface area contributed by atoms with Gasteiger partial charge in [-0.25, -0.2) is 0 Å². The molecule has 0 amide bonds. The van der Waals surface area contributed by atoms with Gasteiger partial charge in [0.2, 0.25) is 0 Å². The third-order valence-corrected chi connectivity index (χ3v) is 0. The first kappa shape index (κ1) is 60.2. The summed E-state index contributed by atoms with van der Waals surface area (Å²) in [6.07, 6.45) is 5.00. The predicted molar refractivity (Wildman–Crippen MR) is 81.1 cm³/mol. The van der Waals surface area contributed by atoms with Gasteiger partial charge in [-0.3, -0.25) is 0 Å². The van der Waals surface area contributed by atoms with Crippen molar-refractivity contribution in [2.75, 3.05) is 0 Å². The first-order chi connectivity index (χ1) is 5.66. The Labute approximate surface area is 169 Å². The number of halogens is 2. The molecule has 0 unspecified atom stereocenters. The van der Waals surface area contributed by atoms with E-state index in [1.165, 1.54) is 25.7 Å². The van der Waals surface area contributed by atoms with E-state index in [4.69, 9.17) is 0 Å². The molecule has 0 aromatic rings. The second kappa shape index (κ2) is 131. The van der Waals surface area contributed by atoms with Crippen LogP contribution in [0.4, 0.5) is 0 Å². The Bertz CT molecular complexity index is 30.5. The maximum atomic E-state index is 2.12. The molecule has 0 rings (SSSR count). The first-order valence-corrected chi connectivity index (χ1v) is 5.66. The molecule has 0 fully saturated rings. The third kappa shape index (κ3) is 717. The molecule has 17 heavy (non-hydrogen) atoms. The van der Waals surface area contributed by atoms with Gasteiger partial charge < -0.3 is 24.8 Å². The van der Waals surface area contributed by atoms with Gasteiger partial charge in [0.05, 0.1) is 0 Å². The van der Waals surface area contributed by atoms with Gasteiger partial charge in [-0.05, 0) is 0 Å². The molecule has 0 bridgehead atoms. The minimum absolute atomic E-state index is 0. The Morgan fingerprint density at radius 3 is 0.412 bits per heavy atom. The number of rotatable bonds is 0. The molecule has 0 aromatic carbocycles. The van der Waals surface area contributed by atoms with Crippen molar-refractivity contribution in [1.82, 2.24) is 0 Å². The van der Waals surface area contributed by atoms with E-state index in [0.717, 1.165) is 0 Å². The van der Waals surface area contributed by atoms with Crippen LogP contribution in [0.3, 0.4) is 0 Å². The molecule has 0 atom stereocenters. The smallest absolute Gasteiger partial charge is 0 e. The van der Waals surface area contributed by atoms with Crippen molar-refractivity contribution in [3.05, 3.63) is 0 Å². The molecule has 0 heterocycles. The molecule has 0 aliphatic rings. The summed E-state index contributed by atoms with van der Waals surface area (Å²) in [5, 5.41) is 0. The second-order valence-electron chi connectivity index (χ2n) is 2.83. The quantitative estimate of drug-likeness (QED) is 0.316. The molecule has 0 saturated carbocycles. The topological polar surface area (TPSA) is 0 Å². The summed E-state index contributed by atoms with van der Waals surface area (Å²) in [5.41, 5.74) is 0. The Hall–Kier alpha value is 2.70. The van der Waals surface area contributed by atoms with Crippen molar-refractivity contribution >= 4 is 64.9 Å². The van der Waals surface area contributed by atoms with Crippen LogP contribution in [0.2, 0.25) is 0 Å². The van der Waals surface area contributed by atoms with Crippen LogP contribution in [0.25, 0.3) is 0 Å². The van der Waals surface area contributed by atoms with Gasteiger partial charge in [0, 0.05) is 64.9 Å². The fraction of sp³-hybridized carbons (Fsp3) is 1.00. The predicted octanol–water partition coefficient (Wildman–Crippen LogP) is -1.47. The summed E-state index contributed by atoms with van der Waals surface area (Å²) in [5.74, 6) is 0. The van der Waals surface area contributed by atoms with Crippen molar-refractivity contribution in [2.24, 2.45) is 0 Å². The van der Waals surface area contributed by atoms with E-state index in [1.54, 1.807) is 0 Å². The van der Waals surface area contributed by atoms with Gasteiger partial charge in [0.15, 0.2) is 0 Å². The summed E-state index contributed by atoms with van der Waals surface area (Å²) < 4.78 is 0. The van der Waals surface area contributed by atoms with Crippen LogP contribution in [0.1, 0.15) is 81.1 Å². The Balaban J connectivity index is -0.00000000653. The second-order valence-corrected chi connectivity index (χ2v) is 2.83. The van der Waals surface area contributed by atoms with Crippen LogP contribution in [0, 0.1) is 0 Å². The molecule has 0 nitrogen and oxygen atoms in total. The maximum absolute atomic E-state index is 2.12. The fourth-order valence-electron chi connectivity index (χ4n) is 0. The van der Waals surface area contributed by atoms with Gasteiger partial charge in [0.1, 0.15) is 0 Å². The van der Waals surface area contributed by atoms with Crippen molar-refractivity contribution in [3.63, 3.8) is 0 Å². The summed E-state index contributed by atoms with van der Waals surface area (Å²) in [6, 6.07) is 0. The van der Waals surface area contributed by atoms with Gasteiger partial charge >= 0.3 is 0 Å². The normalized spacial score (nSPS) is 4.24. The standard InChI is InChI=1S/4C3H8.2ClH.Se.2Sn/c4*1-3-2;;;;;/h4*3H2,1-2H3;2*1H;;;/p-2. The SMILES string of the molecule is CCC.CCC.CCC.CCC.[Cl-].[Cl-].[Se].[Sn].[Sn]. The van der Waals surface area contributed by atoms with Gasteiger partial charge in [0.25, 0.3) is 0 Å². The van der Waals surface area contributed by atoms with Gasteiger partial charge in [-0.1, -0.05) is 81.1 Å². The number of hydrogen-bond acceptors (Lipinski definition) is 0. The van der Waals surface area contributed by atoms with E-state index < -0.39 is 0 Å². The molecular formula is C12H32Cl2SeSn2-2. The average Bonchev–Trinajstić information content (AvgIpc) is 1.92. The molecule has 0 aliphatic heterocycles. The fourth-order valence-corrected chi connectivity index (χ4v) is 0. The first-order valence-electron chi connectivity index (χ1n) is 5.66. The van der Waals surface area contributed by atoms with Crippen LogP contribution in [-0.2, 0) is 0 Å². The van der Waals surface area contributed by atoms with Crippen molar-refractivity contribution in [3.8, 4) is 0 Å². The molecule has 0 N–H and O–H groups in total. The van der Waals surface area contributed by atoms with E-state index in [0.29, 0.717) is 0 Å². The van der Waals surface area contributed by atoms with Crippen LogP contribution >= 0.6 is 0 Å². The molecule has 0 aliphatic carbocycles. The van der Waals surface area contributed by atoms with Crippen molar-refractivity contribution in [2.45, 2.75) is 81.1 Å². The zero-order valence-electron chi connectivity index (χ0n) is 13.0. The van der Waals surface area contributed by atoms with E-state index in [1.807, 2.05) is 0 Å². The van der Waals surface area contributed by atoms with Crippen molar-refractivity contribution < 1.29 is 24.8 Å². The third-order valence-electron chi connectivity index (χ3n) is 0. The summed E-state index contributed by atoms with van der Waals surface area (Å²) >= 11 is 0.